The van der Waals surface area contributed by atoms with Gasteiger partial charge in [0.2, 0.25) is 0 Å². The molecule has 1 amide bonds. The number of nitrogens with zero attached hydrogens (tertiary/aromatic N) is 4. The van der Waals surface area contributed by atoms with Crippen LogP contribution in [0.25, 0.3) is 11.6 Å². The zero-order valence-electron chi connectivity index (χ0n) is 14.1. The molecule has 24 heavy (non-hydrogen) atoms. The fourth-order valence-corrected chi connectivity index (χ4v) is 2.39. The van der Waals surface area contributed by atoms with Gasteiger partial charge in [0.25, 0.3) is 11.8 Å². The van der Waals surface area contributed by atoms with Crippen LogP contribution in [-0.4, -0.2) is 25.9 Å². The molecule has 0 fully saturated rings. The van der Waals surface area contributed by atoms with E-state index in [0.29, 0.717) is 11.3 Å². The minimum absolute atomic E-state index is 0.0493. The van der Waals surface area contributed by atoms with Crippen LogP contribution in [0.1, 0.15) is 41.4 Å². The van der Waals surface area contributed by atoms with Crippen LogP contribution in [0, 0.1) is 13.8 Å². The molecular formula is C17H19N5O2. The van der Waals surface area contributed by atoms with Crippen LogP contribution in [0.3, 0.4) is 0 Å². The first-order valence-electron chi connectivity index (χ1n) is 7.71. The summed E-state index contributed by atoms with van der Waals surface area (Å²) in [5.41, 5.74) is 3.16. The predicted molar refractivity (Wildman–Crippen MR) is 89.8 cm³/mol. The molecule has 0 atom stereocenters. The van der Waals surface area contributed by atoms with E-state index >= 15 is 0 Å². The number of aryl methyl sites for hydroxylation is 2. The summed E-state index contributed by atoms with van der Waals surface area (Å²) in [5, 5.41) is 14.8. The van der Waals surface area contributed by atoms with E-state index in [1.807, 2.05) is 52.1 Å². The summed E-state index contributed by atoms with van der Waals surface area (Å²) in [6.45, 7) is 7.94. The molecule has 0 saturated heterocycles. The van der Waals surface area contributed by atoms with Crippen molar-refractivity contribution in [3.8, 4) is 11.6 Å². The van der Waals surface area contributed by atoms with Gasteiger partial charge in [0.15, 0.2) is 0 Å². The molecule has 2 aromatic heterocycles. The van der Waals surface area contributed by atoms with Crippen LogP contribution >= 0.6 is 0 Å². The second-order valence-corrected chi connectivity index (χ2v) is 6.02. The molecule has 0 bridgehead atoms. The molecule has 1 N–H and O–H groups in total. The van der Waals surface area contributed by atoms with Gasteiger partial charge in [-0.05, 0) is 45.9 Å². The highest BCUT2D eigenvalue weighted by atomic mass is 16.4. The standard InChI is InChI=1S/C17H19N5O2/c1-10(2)22-6-5-14(21-22)16-19-20-17(24-16)18-15(23)13-8-11(3)7-12(4)9-13/h5-10H,1-4H3,(H,18,20,23). The smallest absolute Gasteiger partial charge is 0.322 e. The maximum absolute atomic E-state index is 12.3. The Kier molecular flexibility index (Phi) is 4.16. The summed E-state index contributed by atoms with van der Waals surface area (Å²) in [7, 11) is 0. The highest BCUT2D eigenvalue weighted by Crippen LogP contribution is 2.19. The summed E-state index contributed by atoms with van der Waals surface area (Å²) in [6.07, 6.45) is 1.85. The third-order valence-corrected chi connectivity index (χ3v) is 3.49. The van der Waals surface area contributed by atoms with Gasteiger partial charge in [-0.2, -0.15) is 5.10 Å². The number of aromatic nitrogens is 4. The average Bonchev–Trinajstić information content (AvgIpc) is 3.14. The highest BCUT2D eigenvalue weighted by Gasteiger charge is 2.15. The number of carbonyl (C=O) groups excluding carboxylic acids is 1. The second kappa shape index (κ2) is 6.27. The molecule has 3 aromatic rings. The molecule has 124 valence electrons. The molecule has 0 aliphatic carbocycles. The Labute approximate surface area is 139 Å². The van der Waals surface area contributed by atoms with Crippen LogP contribution in [-0.2, 0) is 0 Å². The van der Waals surface area contributed by atoms with Crippen molar-refractivity contribution in [2.75, 3.05) is 5.32 Å². The van der Waals surface area contributed by atoms with Gasteiger partial charge >= 0.3 is 6.01 Å². The highest BCUT2D eigenvalue weighted by molar-refractivity contribution is 6.03. The molecule has 2 heterocycles. The summed E-state index contributed by atoms with van der Waals surface area (Å²) in [4.78, 5) is 12.3. The number of benzene rings is 1. The fraction of sp³-hybridized carbons (Fsp3) is 0.294. The average molecular weight is 325 g/mol. The van der Waals surface area contributed by atoms with Crippen molar-refractivity contribution in [3.05, 3.63) is 47.2 Å². The lowest BCUT2D eigenvalue weighted by Gasteiger charge is -2.03. The number of nitrogens with one attached hydrogen (secondary N) is 1. The molecule has 3 rings (SSSR count). The SMILES string of the molecule is Cc1cc(C)cc(C(=O)Nc2nnc(-c3ccn(C(C)C)n3)o2)c1. The van der Waals surface area contributed by atoms with Crippen molar-refractivity contribution >= 4 is 11.9 Å². The predicted octanol–water partition coefficient (Wildman–Crippen LogP) is 3.38. The van der Waals surface area contributed by atoms with E-state index in [1.54, 1.807) is 10.7 Å². The summed E-state index contributed by atoms with van der Waals surface area (Å²) in [6, 6.07) is 7.71. The summed E-state index contributed by atoms with van der Waals surface area (Å²) >= 11 is 0. The number of anilines is 1. The first kappa shape index (κ1) is 15.9. The molecule has 0 aliphatic rings. The molecule has 7 nitrogen and oxygen atoms in total. The largest absolute Gasteiger partial charge is 0.401 e. The van der Waals surface area contributed by atoms with Crippen LogP contribution in [0.5, 0.6) is 0 Å². The number of carbonyl (C=O) groups is 1. The number of rotatable bonds is 4. The Morgan fingerprint density at radius 1 is 1.17 bits per heavy atom. The lowest BCUT2D eigenvalue weighted by molar-refractivity contribution is 0.102. The topological polar surface area (TPSA) is 85.8 Å². The zero-order valence-corrected chi connectivity index (χ0v) is 14.1. The van der Waals surface area contributed by atoms with E-state index in [9.17, 15) is 4.79 Å². The first-order valence-corrected chi connectivity index (χ1v) is 7.71. The zero-order chi connectivity index (χ0) is 17.3. The van der Waals surface area contributed by atoms with Crippen molar-refractivity contribution in [2.45, 2.75) is 33.7 Å². The van der Waals surface area contributed by atoms with Gasteiger partial charge in [-0.15, -0.1) is 5.10 Å². The second-order valence-electron chi connectivity index (χ2n) is 6.02. The van der Waals surface area contributed by atoms with Crippen molar-refractivity contribution in [2.24, 2.45) is 0 Å². The van der Waals surface area contributed by atoms with Crippen molar-refractivity contribution in [1.82, 2.24) is 20.0 Å². The summed E-state index contributed by atoms with van der Waals surface area (Å²) < 4.78 is 7.28. The fourth-order valence-electron chi connectivity index (χ4n) is 2.39. The lowest BCUT2D eigenvalue weighted by atomic mass is 10.1. The van der Waals surface area contributed by atoms with Gasteiger partial charge in [0, 0.05) is 17.8 Å². The van der Waals surface area contributed by atoms with Gasteiger partial charge in [-0.3, -0.25) is 14.8 Å². The quantitative estimate of drug-likeness (QED) is 0.794. The van der Waals surface area contributed by atoms with Gasteiger partial charge in [-0.25, -0.2) is 0 Å². The van der Waals surface area contributed by atoms with E-state index in [0.717, 1.165) is 11.1 Å². The van der Waals surface area contributed by atoms with Gasteiger partial charge < -0.3 is 4.42 Å². The maximum Gasteiger partial charge on any atom is 0.322 e. The van der Waals surface area contributed by atoms with Crippen LogP contribution in [0.15, 0.2) is 34.9 Å². The normalized spacial score (nSPS) is 11.0. The molecule has 0 saturated carbocycles. The number of amides is 1. The Morgan fingerprint density at radius 3 is 2.50 bits per heavy atom. The van der Waals surface area contributed by atoms with Crippen molar-refractivity contribution in [3.63, 3.8) is 0 Å². The molecule has 0 radical (unpaired) electrons. The summed E-state index contributed by atoms with van der Waals surface area (Å²) in [5.74, 6) is -0.0187. The van der Waals surface area contributed by atoms with E-state index in [2.05, 4.69) is 20.6 Å². The Hall–Kier alpha value is -2.96. The molecule has 0 unspecified atom stereocenters. The molecule has 1 aromatic carbocycles. The van der Waals surface area contributed by atoms with Crippen LogP contribution in [0.4, 0.5) is 6.01 Å². The Morgan fingerprint density at radius 2 is 1.88 bits per heavy atom. The number of hydrogen-bond acceptors (Lipinski definition) is 5. The maximum atomic E-state index is 12.3. The van der Waals surface area contributed by atoms with E-state index in [-0.39, 0.29) is 23.9 Å². The molecular weight excluding hydrogens is 306 g/mol. The van der Waals surface area contributed by atoms with Gasteiger partial charge in [0.1, 0.15) is 5.69 Å². The third-order valence-electron chi connectivity index (χ3n) is 3.49. The van der Waals surface area contributed by atoms with E-state index in [4.69, 9.17) is 4.42 Å². The third kappa shape index (κ3) is 3.34. The van der Waals surface area contributed by atoms with E-state index < -0.39 is 0 Å². The van der Waals surface area contributed by atoms with Crippen LogP contribution in [0.2, 0.25) is 0 Å². The van der Waals surface area contributed by atoms with E-state index in [1.165, 1.54) is 0 Å². The van der Waals surface area contributed by atoms with Crippen LogP contribution < -0.4 is 5.32 Å². The minimum Gasteiger partial charge on any atom is -0.401 e. The van der Waals surface area contributed by atoms with Gasteiger partial charge in [-0.1, -0.05) is 22.3 Å². The van der Waals surface area contributed by atoms with Crippen molar-refractivity contribution < 1.29 is 9.21 Å². The molecule has 0 aliphatic heterocycles. The Bertz CT molecular complexity index is 858. The van der Waals surface area contributed by atoms with Gasteiger partial charge in [0.05, 0.1) is 0 Å². The molecule has 7 heteroatoms. The Balaban J connectivity index is 1.76. The lowest BCUT2D eigenvalue weighted by Crippen LogP contribution is -2.12. The van der Waals surface area contributed by atoms with Crippen molar-refractivity contribution in [1.29, 1.82) is 0 Å². The number of hydrogen-bond donors (Lipinski definition) is 1. The molecule has 0 spiro atoms. The first-order chi connectivity index (χ1) is 11.4. The monoisotopic (exact) mass is 325 g/mol. The minimum atomic E-state index is -0.287.